The zero-order valence-electron chi connectivity index (χ0n) is 13.1. The fourth-order valence-electron chi connectivity index (χ4n) is 2.02. The molecule has 0 aliphatic carbocycles. The molecule has 2 aromatic rings. The monoisotopic (exact) mass is 332 g/mol. The number of aromatic amines is 1. The number of H-pyrrole nitrogens is 1. The van der Waals surface area contributed by atoms with Crippen LogP contribution in [0.15, 0.2) is 46.2 Å². The van der Waals surface area contributed by atoms with Crippen LogP contribution in [0.1, 0.15) is 19.5 Å². The number of hydrogen-bond donors (Lipinski definition) is 2. The summed E-state index contributed by atoms with van der Waals surface area (Å²) in [6.07, 6.45) is 3.49. The topological polar surface area (TPSA) is 75.2 Å². The van der Waals surface area contributed by atoms with E-state index in [1.54, 1.807) is 30.4 Å². The van der Waals surface area contributed by atoms with Crippen LogP contribution in [-0.4, -0.2) is 22.2 Å². The van der Waals surface area contributed by atoms with Crippen LogP contribution < -0.4 is 10.4 Å². The molecule has 23 heavy (non-hydrogen) atoms. The van der Waals surface area contributed by atoms with E-state index in [2.05, 4.69) is 9.97 Å². The number of rotatable bonds is 4. The number of aromatic nitrogens is 2. The molecule has 0 amide bonds. The lowest BCUT2D eigenvalue weighted by atomic mass is 10.1. The molecule has 1 aromatic carbocycles. The fourth-order valence-corrected chi connectivity index (χ4v) is 2.19. The van der Waals surface area contributed by atoms with Crippen molar-refractivity contribution in [1.82, 2.24) is 9.97 Å². The molecule has 0 atom stereocenters. The van der Waals surface area contributed by atoms with Gasteiger partial charge in [-0.05, 0) is 49.8 Å². The van der Waals surface area contributed by atoms with E-state index in [9.17, 15) is 9.90 Å². The molecule has 0 saturated carbocycles. The maximum absolute atomic E-state index is 11.8. The standard InChI is InChI=1S/C17H17ClN2O3/c1-4-12(18)7-10(2)13-9-14(20-17(22)19-13)11-5-6-15(21)16(8-11)23-3/h4-9,21H,1-3H3,(H,19,20,22)/b10-7+,12-4+. The summed E-state index contributed by atoms with van der Waals surface area (Å²) in [5.41, 5.74) is 2.10. The lowest BCUT2D eigenvalue weighted by Gasteiger charge is -2.08. The highest BCUT2D eigenvalue weighted by Gasteiger charge is 2.08. The average molecular weight is 333 g/mol. The molecule has 2 N–H and O–H groups in total. The third kappa shape index (κ3) is 4.02. The first-order chi connectivity index (χ1) is 10.9. The normalized spacial score (nSPS) is 12.3. The summed E-state index contributed by atoms with van der Waals surface area (Å²) in [5, 5.41) is 10.2. The van der Waals surface area contributed by atoms with Gasteiger partial charge in [0.2, 0.25) is 0 Å². The number of halogens is 1. The molecule has 0 bridgehead atoms. The molecule has 120 valence electrons. The minimum Gasteiger partial charge on any atom is -0.504 e. The zero-order chi connectivity index (χ0) is 17.0. The number of ether oxygens (including phenoxy) is 1. The summed E-state index contributed by atoms with van der Waals surface area (Å²) < 4.78 is 5.09. The highest BCUT2D eigenvalue weighted by atomic mass is 35.5. The molecule has 0 spiro atoms. The summed E-state index contributed by atoms with van der Waals surface area (Å²) in [5.74, 6) is 0.356. The van der Waals surface area contributed by atoms with Gasteiger partial charge in [-0.15, -0.1) is 0 Å². The summed E-state index contributed by atoms with van der Waals surface area (Å²) in [7, 11) is 1.46. The molecule has 1 heterocycles. The van der Waals surface area contributed by atoms with Gasteiger partial charge < -0.3 is 14.8 Å². The number of aromatic hydroxyl groups is 1. The molecular weight excluding hydrogens is 316 g/mol. The predicted octanol–water partition coefficient (Wildman–Crippen LogP) is 3.70. The molecule has 0 aliphatic rings. The van der Waals surface area contributed by atoms with E-state index in [4.69, 9.17) is 16.3 Å². The highest BCUT2D eigenvalue weighted by Crippen LogP contribution is 2.30. The fraction of sp³-hybridized carbons (Fsp3) is 0.176. The van der Waals surface area contributed by atoms with E-state index in [1.165, 1.54) is 13.2 Å². The van der Waals surface area contributed by atoms with Crippen LogP contribution in [0.5, 0.6) is 11.5 Å². The van der Waals surface area contributed by atoms with Gasteiger partial charge in [-0.1, -0.05) is 17.7 Å². The predicted molar refractivity (Wildman–Crippen MR) is 91.8 cm³/mol. The third-order valence-electron chi connectivity index (χ3n) is 3.27. The second kappa shape index (κ2) is 7.15. The SMILES string of the molecule is C/C=C(Cl)\C=C(/C)c1cc(-c2ccc(O)c(OC)c2)[nH]c(=O)n1. The van der Waals surface area contributed by atoms with E-state index >= 15 is 0 Å². The minimum absolute atomic E-state index is 0.0313. The first-order valence-electron chi connectivity index (χ1n) is 6.94. The van der Waals surface area contributed by atoms with E-state index in [-0.39, 0.29) is 5.75 Å². The quantitative estimate of drug-likeness (QED) is 0.837. The highest BCUT2D eigenvalue weighted by molar-refractivity contribution is 6.31. The van der Waals surface area contributed by atoms with Gasteiger partial charge in [0.05, 0.1) is 18.5 Å². The molecule has 5 nitrogen and oxygen atoms in total. The Hall–Kier alpha value is -2.53. The van der Waals surface area contributed by atoms with Gasteiger partial charge in [-0.25, -0.2) is 4.79 Å². The zero-order valence-corrected chi connectivity index (χ0v) is 13.8. The van der Waals surface area contributed by atoms with Crippen LogP contribution in [0.4, 0.5) is 0 Å². The molecule has 0 unspecified atom stereocenters. The molecule has 0 fully saturated rings. The maximum Gasteiger partial charge on any atom is 0.345 e. The Bertz CT molecular complexity index is 838. The van der Waals surface area contributed by atoms with Crippen LogP contribution >= 0.6 is 11.6 Å². The number of benzene rings is 1. The number of nitrogens with zero attached hydrogens (tertiary/aromatic N) is 1. The van der Waals surface area contributed by atoms with Crippen LogP contribution in [0.3, 0.4) is 0 Å². The van der Waals surface area contributed by atoms with E-state index in [0.29, 0.717) is 27.7 Å². The summed E-state index contributed by atoms with van der Waals surface area (Å²) in [4.78, 5) is 18.5. The van der Waals surface area contributed by atoms with Crippen molar-refractivity contribution in [2.24, 2.45) is 0 Å². The number of methoxy groups -OCH3 is 1. The van der Waals surface area contributed by atoms with E-state index in [0.717, 1.165) is 5.57 Å². The van der Waals surface area contributed by atoms with E-state index < -0.39 is 5.69 Å². The third-order valence-corrected chi connectivity index (χ3v) is 3.60. The average Bonchev–Trinajstić information content (AvgIpc) is 2.54. The molecule has 0 aliphatic heterocycles. The number of phenolic OH excluding ortho intramolecular Hbond substituents is 1. The smallest absolute Gasteiger partial charge is 0.345 e. The summed E-state index contributed by atoms with van der Waals surface area (Å²) in [6, 6.07) is 6.58. The van der Waals surface area contributed by atoms with Crippen molar-refractivity contribution in [2.45, 2.75) is 13.8 Å². The van der Waals surface area contributed by atoms with Gasteiger partial charge in [-0.3, -0.25) is 0 Å². The van der Waals surface area contributed by atoms with Crippen molar-refractivity contribution >= 4 is 17.2 Å². The summed E-state index contributed by atoms with van der Waals surface area (Å²) in [6.45, 7) is 3.65. The first-order valence-corrected chi connectivity index (χ1v) is 7.31. The Kier molecular flexibility index (Phi) is 5.24. The van der Waals surface area contributed by atoms with Gasteiger partial charge in [-0.2, -0.15) is 4.98 Å². The summed E-state index contributed by atoms with van der Waals surface area (Å²) >= 11 is 5.99. The van der Waals surface area contributed by atoms with Crippen LogP contribution in [0.25, 0.3) is 16.8 Å². The Labute approximate surface area is 138 Å². The Morgan fingerprint density at radius 1 is 1.39 bits per heavy atom. The van der Waals surface area contributed by atoms with Crippen molar-refractivity contribution < 1.29 is 9.84 Å². The molecule has 2 rings (SSSR count). The maximum atomic E-state index is 11.8. The Morgan fingerprint density at radius 3 is 2.78 bits per heavy atom. The van der Waals surface area contributed by atoms with E-state index in [1.807, 2.05) is 13.8 Å². The minimum atomic E-state index is -0.464. The second-order valence-corrected chi connectivity index (χ2v) is 5.31. The van der Waals surface area contributed by atoms with Crippen LogP contribution in [-0.2, 0) is 0 Å². The van der Waals surface area contributed by atoms with Gasteiger partial charge in [0.25, 0.3) is 0 Å². The van der Waals surface area contributed by atoms with Gasteiger partial charge >= 0.3 is 5.69 Å². The number of nitrogens with one attached hydrogen (secondary N) is 1. The molecule has 6 heteroatoms. The first kappa shape index (κ1) is 16.8. The molecule has 0 radical (unpaired) electrons. The van der Waals surface area contributed by atoms with Gasteiger partial charge in [0, 0.05) is 10.6 Å². The van der Waals surface area contributed by atoms with Crippen molar-refractivity contribution in [1.29, 1.82) is 0 Å². The van der Waals surface area contributed by atoms with Gasteiger partial charge in [0.15, 0.2) is 11.5 Å². The molecule has 0 saturated heterocycles. The van der Waals surface area contributed by atoms with Crippen molar-refractivity contribution in [3.8, 4) is 22.8 Å². The van der Waals surface area contributed by atoms with Crippen molar-refractivity contribution in [2.75, 3.05) is 7.11 Å². The Morgan fingerprint density at radius 2 is 2.13 bits per heavy atom. The van der Waals surface area contributed by atoms with Crippen molar-refractivity contribution in [3.63, 3.8) is 0 Å². The number of phenols is 1. The molecule has 1 aromatic heterocycles. The van der Waals surface area contributed by atoms with Crippen molar-refractivity contribution in [3.05, 3.63) is 57.6 Å². The largest absolute Gasteiger partial charge is 0.504 e. The second-order valence-electron chi connectivity index (χ2n) is 4.87. The van der Waals surface area contributed by atoms with Crippen LogP contribution in [0, 0.1) is 0 Å². The molecular formula is C17H17ClN2O3. The number of allylic oxidation sites excluding steroid dienone is 4. The lowest BCUT2D eigenvalue weighted by molar-refractivity contribution is 0.373. The van der Waals surface area contributed by atoms with Crippen LogP contribution in [0.2, 0.25) is 0 Å². The lowest BCUT2D eigenvalue weighted by Crippen LogP contribution is -2.13. The van der Waals surface area contributed by atoms with Gasteiger partial charge in [0.1, 0.15) is 0 Å². The Balaban J connectivity index is 2.54. The number of hydrogen-bond acceptors (Lipinski definition) is 4.